The molecule has 0 aliphatic rings. The average molecular weight is 328 g/mol. The molecule has 0 aromatic heterocycles. The van der Waals surface area contributed by atoms with E-state index in [1.54, 1.807) is 30.3 Å². The molecule has 6 heteroatoms. The maximum absolute atomic E-state index is 14.1. The fourth-order valence-corrected chi connectivity index (χ4v) is 2.28. The summed E-state index contributed by atoms with van der Waals surface area (Å²) in [6.07, 6.45) is -1.13. The normalized spacial score (nSPS) is 11.4. The summed E-state index contributed by atoms with van der Waals surface area (Å²) in [4.78, 5) is 12.4. The van der Waals surface area contributed by atoms with E-state index in [1.807, 2.05) is 6.07 Å². The number of carbonyl (C=O) groups is 1. The van der Waals surface area contributed by atoms with E-state index in [0.717, 1.165) is 5.56 Å². The molecule has 1 amide bonds. The summed E-state index contributed by atoms with van der Waals surface area (Å²) in [7, 11) is 2.73. The molecule has 0 aliphatic heterocycles. The second kappa shape index (κ2) is 8.09. The second-order valence-electron chi connectivity index (χ2n) is 5.00. The van der Waals surface area contributed by atoms with Crippen LogP contribution in [0.1, 0.15) is 22.8 Å². The van der Waals surface area contributed by atoms with E-state index in [9.17, 15) is 9.18 Å². The zero-order valence-electron chi connectivity index (χ0n) is 13.4. The molecule has 0 heterocycles. The molecule has 0 saturated carbocycles. The van der Waals surface area contributed by atoms with E-state index in [1.165, 1.54) is 26.4 Å². The van der Waals surface area contributed by atoms with Gasteiger partial charge in [0.25, 0.3) is 5.91 Å². The van der Waals surface area contributed by atoms with E-state index in [0.29, 0.717) is 5.56 Å². The summed E-state index contributed by atoms with van der Waals surface area (Å²) >= 11 is 0. The van der Waals surface area contributed by atoms with Crippen molar-refractivity contribution in [2.75, 3.05) is 14.2 Å². The molecule has 2 rings (SSSR count). The molecule has 0 spiro atoms. The Morgan fingerprint density at radius 3 is 2.54 bits per heavy atom. The molecular formula is C18H17FN2O3. The Morgan fingerprint density at radius 1 is 1.25 bits per heavy atom. The number of rotatable bonds is 6. The molecule has 0 saturated heterocycles. The summed E-state index contributed by atoms with van der Waals surface area (Å²) in [6.45, 7) is 0.237. The van der Waals surface area contributed by atoms with Gasteiger partial charge in [0.15, 0.2) is 6.10 Å². The topological polar surface area (TPSA) is 71.3 Å². The number of nitrogens with one attached hydrogen (secondary N) is 1. The first kappa shape index (κ1) is 17.4. The molecule has 24 heavy (non-hydrogen) atoms. The summed E-state index contributed by atoms with van der Waals surface area (Å²) in [5.74, 6) is -0.810. The number of nitrogens with zero attached hydrogens (tertiary/aromatic N) is 1. The van der Waals surface area contributed by atoms with Crippen LogP contribution in [-0.2, 0) is 16.1 Å². The minimum Gasteiger partial charge on any atom is -0.496 e. The molecule has 1 atom stereocenters. The van der Waals surface area contributed by atoms with Gasteiger partial charge in [0.2, 0.25) is 0 Å². The third-order valence-corrected chi connectivity index (χ3v) is 3.52. The maximum atomic E-state index is 14.1. The van der Waals surface area contributed by atoms with Gasteiger partial charge in [-0.1, -0.05) is 18.2 Å². The van der Waals surface area contributed by atoms with Crippen LogP contribution in [-0.4, -0.2) is 20.1 Å². The van der Waals surface area contributed by atoms with Gasteiger partial charge in [0, 0.05) is 13.7 Å². The van der Waals surface area contributed by atoms with Crippen molar-refractivity contribution in [3.63, 3.8) is 0 Å². The predicted octanol–water partition coefficient (Wildman–Crippen LogP) is 2.71. The first-order valence-electron chi connectivity index (χ1n) is 7.22. The number of methoxy groups -OCH3 is 2. The number of nitriles is 1. The van der Waals surface area contributed by atoms with Crippen molar-refractivity contribution in [2.45, 2.75) is 12.6 Å². The predicted molar refractivity (Wildman–Crippen MR) is 85.7 cm³/mol. The quantitative estimate of drug-likeness (QED) is 0.885. The molecule has 0 fully saturated rings. The number of hydrogen-bond acceptors (Lipinski definition) is 4. The highest BCUT2D eigenvalue weighted by molar-refractivity contribution is 5.83. The molecule has 0 aliphatic carbocycles. The second-order valence-corrected chi connectivity index (χ2v) is 5.00. The van der Waals surface area contributed by atoms with Crippen molar-refractivity contribution in [1.82, 2.24) is 5.32 Å². The monoisotopic (exact) mass is 328 g/mol. The molecule has 2 aromatic carbocycles. The van der Waals surface area contributed by atoms with Crippen molar-refractivity contribution in [1.29, 1.82) is 5.26 Å². The van der Waals surface area contributed by atoms with Gasteiger partial charge in [0.1, 0.15) is 11.6 Å². The minimum atomic E-state index is -1.13. The molecule has 5 nitrogen and oxygen atoms in total. The molecule has 0 unspecified atom stereocenters. The first-order chi connectivity index (χ1) is 11.6. The molecule has 124 valence electrons. The van der Waals surface area contributed by atoms with Crippen LogP contribution in [0.4, 0.5) is 4.39 Å². The highest BCUT2D eigenvalue weighted by atomic mass is 19.1. The number of carbonyl (C=O) groups excluding carboxylic acids is 1. The number of ether oxygens (including phenoxy) is 2. The van der Waals surface area contributed by atoms with Crippen LogP contribution in [0.5, 0.6) is 5.75 Å². The van der Waals surface area contributed by atoms with Gasteiger partial charge in [-0.3, -0.25) is 4.79 Å². The zero-order chi connectivity index (χ0) is 17.5. The van der Waals surface area contributed by atoms with Crippen molar-refractivity contribution < 1.29 is 18.7 Å². The lowest BCUT2D eigenvalue weighted by Crippen LogP contribution is -2.30. The summed E-state index contributed by atoms with van der Waals surface area (Å²) in [6, 6.07) is 13.1. The number of benzene rings is 2. The smallest absolute Gasteiger partial charge is 0.254 e. The Morgan fingerprint density at radius 2 is 1.96 bits per heavy atom. The Kier molecular flexibility index (Phi) is 5.88. The van der Waals surface area contributed by atoms with Crippen LogP contribution in [0.2, 0.25) is 0 Å². The highest BCUT2D eigenvalue weighted by Crippen LogP contribution is 2.30. The van der Waals surface area contributed by atoms with E-state index in [4.69, 9.17) is 14.7 Å². The number of hydrogen-bond donors (Lipinski definition) is 1. The minimum absolute atomic E-state index is 0.0554. The number of amides is 1. The van der Waals surface area contributed by atoms with E-state index < -0.39 is 17.8 Å². The lowest BCUT2D eigenvalue weighted by atomic mass is 10.1. The highest BCUT2D eigenvalue weighted by Gasteiger charge is 2.26. The molecular weight excluding hydrogens is 311 g/mol. The van der Waals surface area contributed by atoms with Crippen LogP contribution in [0.15, 0.2) is 42.5 Å². The summed E-state index contributed by atoms with van der Waals surface area (Å²) < 4.78 is 24.4. The van der Waals surface area contributed by atoms with Gasteiger partial charge in [-0.05, 0) is 29.8 Å². The Bertz CT molecular complexity index is 754. The van der Waals surface area contributed by atoms with Gasteiger partial charge in [-0.15, -0.1) is 0 Å². The maximum Gasteiger partial charge on any atom is 0.254 e. The zero-order valence-corrected chi connectivity index (χ0v) is 13.4. The van der Waals surface area contributed by atoms with E-state index in [2.05, 4.69) is 5.32 Å². The Labute approximate surface area is 139 Å². The Balaban J connectivity index is 2.13. The fraction of sp³-hybridized carbons (Fsp3) is 0.222. The third kappa shape index (κ3) is 3.89. The molecule has 2 aromatic rings. The van der Waals surface area contributed by atoms with Crippen LogP contribution in [0.25, 0.3) is 0 Å². The van der Waals surface area contributed by atoms with Crippen LogP contribution < -0.4 is 10.1 Å². The number of halogens is 1. The average Bonchev–Trinajstić information content (AvgIpc) is 2.62. The lowest BCUT2D eigenvalue weighted by Gasteiger charge is -2.18. The van der Waals surface area contributed by atoms with Crippen LogP contribution >= 0.6 is 0 Å². The largest absolute Gasteiger partial charge is 0.496 e. The summed E-state index contributed by atoms with van der Waals surface area (Å²) in [5.41, 5.74) is 1.41. The van der Waals surface area contributed by atoms with Crippen molar-refractivity contribution in [3.8, 4) is 11.8 Å². The van der Waals surface area contributed by atoms with Crippen LogP contribution in [0.3, 0.4) is 0 Å². The molecule has 0 radical (unpaired) electrons. The fourth-order valence-electron chi connectivity index (χ4n) is 2.28. The van der Waals surface area contributed by atoms with E-state index >= 15 is 0 Å². The standard InChI is InChI=1S/C18H17FN2O3/c1-23-15-5-3-4-14(19)16(15)17(24-2)18(22)21-11-13-8-6-12(10-20)7-9-13/h3-9,17H,11H2,1-2H3,(H,21,22)/t17-/m0/s1. The lowest BCUT2D eigenvalue weighted by molar-refractivity contribution is -0.131. The Hall–Kier alpha value is -2.91. The van der Waals surface area contributed by atoms with Crippen LogP contribution in [0, 0.1) is 17.1 Å². The first-order valence-corrected chi connectivity index (χ1v) is 7.22. The van der Waals surface area contributed by atoms with Gasteiger partial charge >= 0.3 is 0 Å². The third-order valence-electron chi connectivity index (χ3n) is 3.52. The van der Waals surface area contributed by atoms with Gasteiger partial charge in [0.05, 0.1) is 24.3 Å². The van der Waals surface area contributed by atoms with Gasteiger partial charge < -0.3 is 14.8 Å². The SMILES string of the molecule is COc1cccc(F)c1[C@H](OC)C(=O)NCc1ccc(C#N)cc1. The molecule has 1 N–H and O–H groups in total. The van der Waals surface area contributed by atoms with Gasteiger partial charge in [-0.25, -0.2) is 4.39 Å². The van der Waals surface area contributed by atoms with Crippen molar-refractivity contribution >= 4 is 5.91 Å². The van der Waals surface area contributed by atoms with Crippen molar-refractivity contribution in [2.24, 2.45) is 0 Å². The van der Waals surface area contributed by atoms with Gasteiger partial charge in [-0.2, -0.15) is 5.26 Å². The van der Waals surface area contributed by atoms with E-state index in [-0.39, 0.29) is 17.9 Å². The molecule has 0 bridgehead atoms. The van der Waals surface area contributed by atoms with Crippen molar-refractivity contribution in [3.05, 3.63) is 65.0 Å². The summed E-state index contributed by atoms with van der Waals surface area (Å²) in [5, 5.41) is 11.5.